The number of ether oxygens (including phenoxy) is 4. The molecule has 1 aliphatic heterocycles. The molecule has 1 heterocycles. The molecule has 156 valence electrons. The van der Waals surface area contributed by atoms with Gasteiger partial charge in [-0.2, -0.15) is 0 Å². The lowest BCUT2D eigenvalue weighted by atomic mass is 9.87. The standard InChI is InChI=1S/C23H29NO5/c1-13-14(2)22-18(15(3)21(13)28-16(4)25)9-10-23(5,29-22)12-27-17-7-8-19(24)20(11-17)26-6/h7-8,11H,9-10,12,24H2,1-6H3. The van der Waals surface area contributed by atoms with Crippen molar-refractivity contribution in [3.8, 4) is 23.0 Å². The first-order valence-corrected chi connectivity index (χ1v) is 9.71. The number of hydrogen-bond acceptors (Lipinski definition) is 6. The average Bonchev–Trinajstić information content (AvgIpc) is 2.68. The Morgan fingerprint density at radius 3 is 2.59 bits per heavy atom. The van der Waals surface area contributed by atoms with Crippen LogP contribution in [0.25, 0.3) is 0 Å². The molecule has 6 heteroatoms. The number of carbonyl (C=O) groups is 1. The van der Waals surface area contributed by atoms with Crippen molar-refractivity contribution < 1.29 is 23.7 Å². The minimum absolute atomic E-state index is 0.315. The van der Waals surface area contributed by atoms with Gasteiger partial charge in [-0.05, 0) is 69.4 Å². The average molecular weight is 399 g/mol. The van der Waals surface area contributed by atoms with E-state index in [1.807, 2.05) is 26.8 Å². The summed E-state index contributed by atoms with van der Waals surface area (Å²) >= 11 is 0. The second-order valence-corrected chi connectivity index (χ2v) is 7.85. The summed E-state index contributed by atoms with van der Waals surface area (Å²) in [4.78, 5) is 11.5. The molecule has 2 N–H and O–H groups in total. The van der Waals surface area contributed by atoms with E-state index in [1.54, 1.807) is 19.2 Å². The Labute approximate surface area is 171 Å². The number of benzene rings is 2. The first-order valence-electron chi connectivity index (χ1n) is 9.71. The highest BCUT2D eigenvalue weighted by molar-refractivity contribution is 5.72. The van der Waals surface area contributed by atoms with Crippen molar-refractivity contribution in [3.05, 3.63) is 40.5 Å². The zero-order valence-corrected chi connectivity index (χ0v) is 18.0. The number of anilines is 1. The topological polar surface area (TPSA) is 80.0 Å². The third-order valence-electron chi connectivity index (χ3n) is 5.56. The van der Waals surface area contributed by atoms with Crippen molar-refractivity contribution in [2.75, 3.05) is 19.5 Å². The van der Waals surface area contributed by atoms with Crippen LogP contribution in [0.3, 0.4) is 0 Å². The molecule has 1 unspecified atom stereocenters. The van der Waals surface area contributed by atoms with Crippen LogP contribution in [-0.2, 0) is 11.2 Å². The Morgan fingerprint density at radius 1 is 1.21 bits per heavy atom. The molecule has 1 aliphatic rings. The summed E-state index contributed by atoms with van der Waals surface area (Å²) in [6.07, 6.45) is 1.61. The van der Waals surface area contributed by atoms with Crippen LogP contribution in [0.4, 0.5) is 5.69 Å². The molecule has 0 amide bonds. The van der Waals surface area contributed by atoms with E-state index in [9.17, 15) is 4.79 Å². The number of methoxy groups -OCH3 is 1. The monoisotopic (exact) mass is 399 g/mol. The predicted octanol–water partition coefficient (Wildman–Crippen LogP) is 4.29. The molecule has 0 bridgehead atoms. The van der Waals surface area contributed by atoms with E-state index in [4.69, 9.17) is 24.7 Å². The maximum atomic E-state index is 11.5. The zero-order chi connectivity index (χ0) is 21.3. The minimum atomic E-state index is -0.478. The summed E-state index contributed by atoms with van der Waals surface area (Å²) < 4.78 is 23.2. The third-order valence-corrected chi connectivity index (χ3v) is 5.56. The summed E-state index contributed by atoms with van der Waals surface area (Å²) in [5.74, 6) is 2.46. The lowest BCUT2D eigenvalue weighted by molar-refractivity contribution is -0.132. The van der Waals surface area contributed by atoms with Gasteiger partial charge in [-0.25, -0.2) is 0 Å². The van der Waals surface area contributed by atoms with Crippen molar-refractivity contribution >= 4 is 11.7 Å². The second-order valence-electron chi connectivity index (χ2n) is 7.85. The van der Waals surface area contributed by atoms with E-state index in [0.29, 0.717) is 29.5 Å². The first-order chi connectivity index (χ1) is 13.6. The lowest BCUT2D eigenvalue weighted by Crippen LogP contribution is -2.42. The Kier molecular flexibility index (Phi) is 5.64. The third kappa shape index (κ3) is 4.11. The SMILES string of the molecule is COc1cc(OCC2(C)CCc3c(C)c(OC(C)=O)c(C)c(C)c3O2)ccc1N. The molecule has 2 aromatic rings. The smallest absolute Gasteiger partial charge is 0.308 e. The van der Waals surface area contributed by atoms with Gasteiger partial charge in [-0.1, -0.05) is 0 Å². The van der Waals surface area contributed by atoms with Crippen LogP contribution >= 0.6 is 0 Å². The van der Waals surface area contributed by atoms with Crippen LogP contribution in [0.5, 0.6) is 23.0 Å². The summed E-state index contributed by atoms with van der Waals surface area (Å²) in [5.41, 5.74) is 9.92. The van der Waals surface area contributed by atoms with Gasteiger partial charge in [-0.3, -0.25) is 4.79 Å². The summed E-state index contributed by atoms with van der Waals surface area (Å²) in [6, 6.07) is 5.37. The number of carbonyl (C=O) groups excluding carboxylic acids is 1. The molecule has 0 aromatic heterocycles. The lowest BCUT2D eigenvalue weighted by Gasteiger charge is -2.37. The Bertz CT molecular complexity index is 953. The Morgan fingerprint density at radius 2 is 1.93 bits per heavy atom. The maximum Gasteiger partial charge on any atom is 0.308 e. The highest BCUT2D eigenvalue weighted by Gasteiger charge is 2.35. The number of rotatable bonds is 5. The van der Waals surface area contributed by atoms with Crippen molar-refractivity contribution in [3.63, 3.8) is 0 Å². The van der Waals surface area contributed by atoms with Gasteiger partial charge in [0.1, 0.15) is 35.2 Å². The van der Waals surface area contributed by atoms with E-state index < -0.39 is 5.60 Å². The molecule has 1 atom stereocenters. The zero-order valence-electron chi connectivity index (χ0n) is 18.0. The number of nitrogens with two attached hydrogens (primary N) is 1. The van der Waals surface area contributed by atoms with Gasteiger partial charge in [-0.15, -0.1) is 0 Å². The molecule has 0 fully saturated rings. The van der Waals surface area contributed by atoms with Crippen LogP contribution < -0.4 is 24.7 Å². The molecular formula is C23H29NO5. The largest absolute Gasteiger partial charge is 0.494 e. The van der Waals surface area contributed by atoms with Crippen LogP contribution in [0.1, 0.15) is 42.5 Å². The summed E-state index contributed by atoms with van der Waals surface area (Å²) in [6.45, 7) is 9.79. The van der Waals surface area contributed by atoms with Gasteiger partial charge in [0.05, 0.1) is 12.8 Å². The quantitative estimate of drug-likeness (QED) is 0.459. The van der Waals surface area contributed by atoms with Crippen molar-refractivity contribution in [2.24, 2.45) is 0 Å². The van der Waals surface area contributed by atoms with Gasteiger partial charge >= 0.3 is 5.97 Å². The highest BCUT2D eigenvalue weighted by atomic mass is 16.5. The fourth-order valence-corrected chi connectivity index (χ4v) is 3.70. The van der Waals surface area contributed by atoms with Crippen molar-refractivity contribution in [2.45, 2.75) is 53.1 Å². The number of nitrogen functional groups attached to an aromatic ring is 1. The number of fused-ring (bicyclic) bond motifs is 1. The van der Waals surface area contributed by atoms with E-state index in [1.165, 1.54) is 6.92 Å². The Balaban J connectivity index is 1.83. The van der Waals surface area contributed by atoms with E-state index in [-0.39, 0.29) is 5.97 Å². The number of hydrogen-bond donors (Lipinski definition) is 1. The van der Waals surface area contributed by atoms with Gasteiger partial charge in [0, 0.05) is 18.6 Å². The number of esters is 1. The first kappa shape index (κ1) is 20.8. The van der Waals surface area contributed by atoms with E-state index >= 15 is 0 Å². The van der Waals surface area contributed by atoms with Crippen LogP contribution in [0.15, 0.2) is 18.2 Å². The fourth-order valence-electron chi connectivity index (χ4n) is 3.70. The molecule has 0 saturated heterocycles. The van der Waals surface area contributed by atoms with Crippen LogP contribution in [-0.4, -0.2) is 25.3 Å². The molecule has 2 aromatic carbocycles. The van der Waals surface area contributed by atoms with E-state index in [2.05, 4.69) is 6.92 Å². The normalized spacial score (nSPS) is 17.9. The molecule has 0 spiro atoms. The Hall–Kier alpha value is -2.89. The van der Waals surface area contributed by atoms with Gasteiger partial charge in [0.2, 0.25) is 0 Å². The molecule has 3 rings (SSSR count). The second kappa shape index (κ2) is 7.85. The molecule has 6 nitrogen and oxygen atoms in total. The predicted molar refractivity (Wildman–Crippen MR) is 112 cm³/mol. The van der Waals surface area contributed by atoms with E-state index in [0.717, 1.165) is 40.8 Å². The summed E-state index contributed by atoms with van der Waals surface area (Å²) in [5, 5.41) is 0. The molecule has 29 heavy (non-hydrogen) atoms. The van der Waals surface area contributed by atoms with Crippen molar-refractivity contribution in [1.82, 2.24) is 0 Å². The maximum absolute atomic E-state index is 11.5. The molecule has 0 saturated carbocycles. The van der Waals surface area contributed by atoms with Crippen LogP contribution in [0, 0.1) is 20.8 Å². The van der Waals surface area contributed by atoms with Crippen LogP contribution in [0.2, 0.25) is 0 Å². The highest BCUT2D eigenvalue weighted by Crippen LogP contribution is 2.44. The van der Waals surface area contributed by atoms with Gasteiger partial charge < -0.3 is 24.7 Å². The van der Waals surface area contributed by atoms with Gasteiger partial charge in [0.15, 0.2) is 0 Å². The minimum Gasteiger partial charge on any atom is -0.494 e. The molecule has 0 radical (unpaired) electrons. The van der Waals surface area contributed by atoms with Gasteiger partial charge in [0.25, 0.3) is 0 Å². The molecule has 0 aliphatic carbocycles. The van der Waals surface area contributed by atoms with Crippen molar-refractivity contribution in [1.29, 1.82) is 0 Å². The summed E-state index contributed by atoms with van der Waals surface area (Å²) in [7, 11) is 1.58. The fraction of sp³-hybridized carbons (Fsp3) is 0.435. The molecular weight excluding hydrogens is 370 g/mol.